The molecular weight excluding hydrogens is 1900 g/mol. The summed E-state index contributed by atoms with van der Waals surface area (Å²) in [7, 11) is 1.36. The number of likely N-dealkylation sites (N-methyl/N-ethyl adjacent to an activating group) is 1. The molecule has 6 fully saturated rings. The van der Waals surface area contributed by atoms with Gasteiger partial charge >= 0.3 is 11.9 Å². The number of carbonyl (C=O) groups is 20. The largest absolute Gasteiger partial charge is 0.481 e. The van der Waals surface area contributed by atoms with Crippen molar-refractivity contribution in [3.63, 3.8) is 0 Å². The van der Waals surface area contributed by atoms with E-state index in [4.69, 9.17) is 11.5 Å². The summed E-state index contributed by atoms with van der Waals surface area (Å²) in [5.41, 5.74) is 13.0. The van der Waals surface area contributed by atoms with E-state index in [9.17, 15) is 96.8 Å². The molecule has 6 saturated heterocycles. The quantitative estimate of drug-likeness (QED) is 0.0403. The van der Waals surface area contributed by atoms with Crippen LogP contribution in [0.5, 0.6) is 0 Å². The van der Waals surface area contributed by atoms with Crippen LogP contribution in [-0.2, 0) is 109 Å². The number of hydrogen-bond acceptors (Lipinski definition) is 26. The smallest absolute Gasteiger partial charge is 0.305 e. The number of piperidine rings is 3. The summed E-state index contributed by atoms with van der Waals surface area (Å²) in [5, 5.41) is 60.9. The first kappa shape index (κ1) is 112. The van der Waals surface area contributed by atoms with Crippen LogP contribution in [0.15, 0.2) is 65.9 Å². The Bertz CT molecular complexity index is 5260. The van der Waals surface area contributed by atoms with E-state index >= 15 is 14.4 Å². The number of fused-ring (bicyclic) bond motifs is 31. The zero-order valence-corrected chi connectivity index (χ0v) is 83.4. The van der Waals surface area contributed by atoms with Crippen LogP contribution in [-0.4, -0.2) is 376 Å². The Kier molecular flexibility index (Phi) is 42.2. The summed E-state index contributed by atoms with van der Waals surface area (Å²) in [6.07, 6.45) is 1.64. The molecule has 4 aromatic rings. The highest BCUT2D eigenvalue weighted by Crippen LogP contribution is 2.33. The maximum Gasteiger partial charge on any atom is 0.305 e. The SMILES string of the molecule is CC(C)[C@@H]1NC(=O)[C@H](Cc2c[nH]c3ccccc23)NC(=O)C2=NC(=O)[C@H](CCC(=O)O)NC(=O)[C@H]([C@@H](C)O)NC(=O)[C@@H](NC(=O)[C@H](C)NC(=O)CN(C)C(=O)CCN)CSCCC(=O)N3CCC(CC3)N(C3CCN(CC3)C(=O)CCSC2)C2CCN(CC2)C(=O)CCSC[C@@H](C(N)=O)NC(=O)[C@@H]2CCCN2C(=O)[C@H](C(C)C)NC(=O)[C@H](Cc2c[nH]c3ccccc23)NC(=O)CNC(=O)[C@H](CC(=O)O)NC1=O. The fourth-order valence-electron chi connectivity index (χ4n) is 18.3. The molecule has 142 heavy (non-hydrogen) atoms. The number of aromatic nitrogens is 2. The standard InChI is InChI=1S/C94H134N22O23S3/c1-51(2)80-92(137)104-67(43-79(126)127)85(130)99-46-72(118)101-65(41-55-44-97-62-15-10-8-13-60(55)62)87(132)109-81(52(3)4)94(139)115-31-12-17-71(115)91(136)105-68(83(96)128)48-140-38-27-75(121)112-32-21-57(22-33-112)116-58-23-34-113(35-24-58)76(122)28-39-141-49-69(89(134)103-66(88(133)108-80)42-56-45-98-63-16-11-9-14-61(56)63)107-86(131)64(18-19-78(124)125)102-93(138)82(54(6)117)110-90(135)70(50-142-40-29-77(123)114-36-25-59(116)26-37-114)106-84(129)53(5)100-73(119)47-111(7)74(120)20-30-95/h8-11,13-16,44-45,51-54,57-59,64-68,70-71,80-82,97-98,117H,12,17-43,46-50,95H2,1-7H3,(H2,96,128)(H,99,130)(H,100,119)(H,101,118)(H,102,138)(H,103,134)(H,104,137)(H,105,136)(H,106,129)(H,108,133)(H,109,132)(H,110,135)(H,124,125)(H,126,127)/t53-,54+,64-,65-,66-,67-,68-,70-,71-,80-,81-,82-/m0/s1. The molecule has 13 rings (SSSR count). The lowest BCUT2D eigenvalue weighted by Gasteiger charge is -2.50. The van der Waals surface area contributed by atoms with Crippen LogP contribution in [0.1, 0.15) is 149 Å². The van der Waals surface area contributed by atoms with Gasteiger partial charge in [0.25, 0.3) is 11.8 Å². The third-order valence-corrected chi connectivity index (χ3v) is 29.3. The van der Waals surface area contributed by atoms with E-state index in [0.29, 0.717) is 117 Å². The van der Waals surface area contributed by atoms with Gasteiger partial charge in [0.15, 0.2) is 0 Å². The molecule has 0 radical (unpaired) electrons. The Labute approximate surface area is 834 Å². The number of nitrogens with zero attached hydrogens (tertiary/aromatic N) is 7. The zero-order chi connectivity index (χ0) is 103. The van der Waals surface area contributed by atoms with E-state index in [1.807, 2.05) is 0 Å². The third-order valence-electron chi connectivity index (χ3n) is 26.2. The number of nitrogens with two attached hydrogens (primary N) is 2. The molecule has 1 unspecified atom stereocenters. The number of aliphatic imine (C=N–C) groups is 1. The number of aliphatic hydroxyl groups is 1. The second kappa shape index (κ2) is 53.7. The highest BCUT2D eigenvalue weighted by molar-refractivity contribution is 8.00. The first-order valence-corrected chi connectivity index (χ1v) is 51.6. The summed E-state index contributed by atoms with van der Waals surface area (Å²) in [5.74, 6) is -20.7. The second-order valence-electron chi connectivity index (χ2n) is 37.3. The number of H-pyrrole nitrogens is 2. The molecule has 20 N–H and O–H groups in total. The van der Waals surface area contributed by atoms with Crippen molar-refractivity contribution in [2.75, 3.05) is 107 Å². The van der Waals surface area contributed by atoms with Crippen molar-refractivity contribution in [3.8, 4) is 0 Å². The van der Waals surface area contributed by atoms with E-state index in [-0.39, 0.29) is 116 Å². The van der Waals surface area contributed by atoms with Gasteiger partial charge in [-0.3, -0.25) is 101 Å². The van der Waals surface area contributed by atoms with Crippen molar-refractivity contribution in [2.45, 2.75) is 241 Å². The topological polar surface area (TPSA) is 650 Å². The first-order valence-electron chi connectivity index (χ1n) is 48.2. The molecule has 8 bridgehead atoms. The lowest BCUT2D eigenvalue weighted by molar-refractivity contribution is -0.143. The molecule has 13 atom stereocenters. The Morgan fingerprint density at radius 3 is 1.56 bits per heavy atom. The fraction of sp³-hybridized carbons (Fsp3) is 0.606. The van der Waals surface area contributed by atoms with E-state index in [2.05, 4.69) is 78.3 Å². The van der Waals surface area contributed by atoms with Crippen LogP contribution < -0.4 is 70.0 Å². The van der Waals surface area contributed by atoms with Crippen LogP contribution in [0, 0.1) is 11.8 Å². The highest BCUT2D eigenvalue weighted by atomic mass is 32.2. The van der Waals surface area contributed by atoms with Gasteiger partial charge in [0.05, 0.1) is 25.6 Å². The number of benzene rings is 2. The summed E-state index contributed by atoms with van der Waals surface area (Å²) in [6, 6.07) is -3.90. The first-order chi connectivity index (χ1) is 67.7. The number of carbonyl (C=O) groups excluding carboxylic acids is 18. The fourth-order valence-corrected chi connectivity index (χ4v) is 21.1. The van der Waals surface area contributed by atoms with Crippen LogP contribution in [0.2, 0.25) is 0 Å². The average Bonchev–Trinajstić information content (AvgIpc) is 1.49. The summed E-state index contributed by atoms with van der Waals surface area (Å²) in [4.78, 5) is 305. The molecule has 0 saturated carbocycles. The molecule has 2 aromatic carbocycles. The number of para-hydroxylation sites is 2. The Morgan fingerprint density at radius 2 is 1.04 bits per heavy atom. The molecule has 48 heteroatoms. The molecule has 0 spiro atoms. The van der Waals surface area contributed by atoms with Crippen molar-refractivity contribution >= 4 is 181 Å². The van der Waals surface area contributed by atoms with Crippen molar-refractivity contribution < 1.29 is 111 Å². The van der Waals surface area contributed by atoms with E-state index in [0.717, 1.165) is 35.3 Å². The van der Waals surface area contributed by atoms with E-state index in [1.54, 1.807) is 89.5 Å². The molecule has 0 aliphatic carbocycles. The minimum Gasteiger partial charge on any atom is -0.481 e. The minimum absolute atomic E-state index is 0.000642. The van der Waals surface area contributed by atoms with E-state index < -0.39 is 235 Å². The van der Waals surface area contributed by atoms with Gasteiger partial charge in [0.1, 0.15) is 72.2 Å². The maximum atomic E-state index is 15.5. The molecular formula is C94H134N22O23S3. The molecule has 18 amide bonds. The number of nitrogens with one attached hydrogen (secondary N) is 13. The lowest BCUT2D eigenvalue weighted by atomic mass is 9.90. The predicted molar refractivity (Wildman–Crippen MR) is 527 cm³/mol. The van der Waals surface area contributed by atoms with Gasteiger partial charge in [-0.15, -0.1) is 0 Å². The zero-order valence-electron chi connectivity index (χ0n) is 80.9. The van der Waals surface area contributed by atoms with Gasteiger partial charge in [-0.2, -0.15) is 35.3 Å². The van der Waals surface area contributed by atoms with Gasteiger partial charge in [-0.1, -0.05) is 64.1 Å². The van der Waals surface area contributed by atoms with Crippen molar-refractivity contribution in [1.82, 2.24) is 97.9 Å². The van der Waals surface area contributed by atoms with Gasteiger partial charge < -0.3 is 120 Å². The average molecular weight is 2040 g/mol. The molecule has 9 aliphatic rings. The van der Waals surface area contributed by atoms with Crippen molar-refractivity contribution in [2.24, 2.45) is 28.3 Å². The Balaban J connectivity index is 0.996. The number of carboxylic acid groups (broad SMARTS) is 2. The van der Waals surface area contributed by atoms with Crippen LogP contribution >= 0.6 is 35.3 Å². The third kappa shape index (κ3) is 31.9. The van der Waals surface area contributed by atoms with Crippen molar-refractivity contribution in [1.29, 1.82) is 0 Å². The van der Waals surface area contributed by atoms with Gasteiger partial charge in [-0.25, -0.2) is 4.99 Å². The van der Waals surface area contributed by atoms with Crippen molar-refractivity contribution in [3.05, 3.63) is 72.1 Å². The molecule has 11 heterocycles. The van der Waals surface area contributed by atoms with Crippen LogP contribution in [0.4, 0.5) is 0 Å². The molecule has 2 aromatic heterocycles. The second-order valence-corrected chi connectivity index (χ2v) is 40.7. The number of aliphatic carboxylic acids is 2. The highest BCUT2D eigenvalue weighted by Gasteiger charge is 2.45. The number of carboxylic acids is 2. The number of rotatable bonds is 20. The number of aliphatic hydroxyl groups excluding tert-OH is 1. The number of thioether (sulfide) groups is 3. The number of amides is 18. The summed E-state index contributed by atoms with van der Waals surface area (Å²) < 4.78 is 0. The van der Waals surface area contributed by atoms with Gasteiger partial charge in [0.2, 0.25) is 94.5 Å². The minimum atomic E-state index is -2.02. The number of hydrogen-bond donors (Lipinski definition) is 18. The normalized spacial score (nSPS) is 26.1. The molecule has 9 aliphatic heterocycles. The predicted octanol–water partition coefficient (Wildman–Crippen LogP) is -2.63. The molecule has 45 nitrogen and oxygen atoms in total. The number of aromatic amines is 2. The molecule has 776 valence electrons. The van der Waals surface area contributed by atoms with Crippen LogP contribution in [0.25, 0.3) is 21.8 Å². The Morgan fingerprint density at radius 1 is 0.542 bits per heavy atom. The lowest BCUT2D eigenvalue weighted by Crippen LogP contribution is -2.60. The number of primary amides is 1. The monoisotopic (exact) mass is 2030 g/mol. The van der Waals surface area contributed by atoms with E-state index in [1.165, 1.54) is 44.5 Å². The summed E-state index contributed by atoms with van der Waals surface area (Å²) in [6.45, 7) is 9.46. The maximum absolute atomic E-state index is 15.5. The van der Waals surface area contributed by atoms with Gasteiger partial charge in [-0.05, 0) is 107 Å². The van der Waals surface area contributed by atoms with Crippen LogP contribution in [0.3, 0.4) is 0 Å². The van der Waals surface area contributed by atoms with Gasteiger partial charge in [0, 0.05) is 191 Å². The summed E-state index contributed by atoms with van der Waals surface area (Å²) >= 11 is 3.23. The Hall–Kier alpha value is -12.3.